The van der Waals surface area contributed by atoms with E-state index in [1.54, 1.807) is 0 Å². The van der Waals surface area contributed by atoms with E-state index >= 15 is 0 Å². The van der Waals surface area contributed by atoms with Gasteiger partial charge < -0.3 is 15.8 Å². The Labute approximate surface area is 97.4 Å². The summed E-state index contributed by atoms with van der Waals surface area (Å²) >= 11 is 0. The highest BCUT2D eigenvalue weighted by molar-refractivity contribution is 5.81. The highest BCUT2D eigenvalue weighted by Crippen LogP contribution is 2.06. The molecule has 0 aromatic carbocycles. The molecule has 0 aromatic heterocycles. The molecule has 0 fully saturated rings. The van der Waals surface area contributed by atoms with Crippen molar-refractivity contribution in [2.24, 2.45) is 16.6 Å². The topological polar surface area (TPSA) is 76.7 Å². The van der Waals surface area contributed by atoms with Crippen molar-refractivity contribution in [3.8, 4) is 0 Å². The van der Waals surface area contributed by atoms with Gasteiger partial charge in [0.15, 0.2) is 5.96 Å². The number of hydrogen-bond acceptors (Lipinski definition) is 3. The van der Waals surface area contributed by atoms with Gasteiger partial charge in [0.1, 0.15) is 12.1 Å². The van der Waals surface area contributed by atoms with Crippen molar-refractivity contribution < 1.29 is 9.53 Å². The Morgan fingerprint density at radius 3 is 2.44 bits per heavy atom. The average Bonchev–Trinajstić information content (AvgIpc) is 2.08. The lowest BCUT2D eigenvalue weighted by Gasteiger charge is -2.18. The van der Waals surface area contributed by atoms with E-state index in [1.165, 1.54) is 0 Å². The van der Waals surface area contributed by atoms with Crippen LogP contribution in [0.4, 0.5) is 0 Å². The van der Waals surface area contributed by atoms with Crippen molar-refractivity contribution in [2.75, 3.05) is 13.1 Å². The third-order valence-corrected chi connectivity index (χ3v) is 1.49. The number of rotatable bonds is 4. The molecule has 0 spiro atoms. The molecule has 94 valence electrons. The van der Waals surface area contributed by atoms with Crippen molar-refractivity contribution in [3.63, 3.8) is 0 Å². The van der Waals surface area contributed by atoms with Crippen LogP contribution in [-0.4, -0.2) is 30.6 Å². The van der Waals surface area contributed by atoms with Crippen molar-refractivity contribution in [2.45, 2.75) is 40.2 Å². The summed E-state index contributed by atoms with van der Waals surface area (Å²) < 4.78 is 5.08. The van der Waals surface area contributed by atoms with Crippen LogP contribution in [0.2, 0.25) is 0 Å². The van der Waals surface area contributed by atoms with E-state index < -0.39 is 5.60 Å². The Kier molecular flexibility index (Phi) is 5.85. The number of aliphatic imine (C=N–C) groups is 1. The number of guanidine groups is 1. The molecule has 0 aliphatic heterocycles. The van der Waals surface area contributed by atoms with Crippen LogP contribution in [0.25, 0.3) is 0 Å². The first-order valence-corrected chi connectivity index (χ1v) is 5.46. The zero-order chi connectivity index (χ0) is 12.8. The Morgan fingerprint density at radius 2 is 2.00 bits per heavy atom. The lowest BCUT2D eigenvalue weighted by Crippen LogP contribution is -2.35. The van der Waals surface area contributed by atoms with Gasteiger partial charge in [0.05, 0.1) is 0 Å². The second-order valence-corrected chi connectivity index (χ2v) is 5.06. The molecule has 0 saturated heterocycles. The Morgan fingerprint density at radius 1 is 1.44 bits per heavy atom. The summed E-state index contributed by atoms with van der Waals surface area (Å²) in [4.78, 5) is 15.2. The van der Waals surface area contributed by atoms with Crippen LogP contribution in [0.3, 0.4) is 0 Å². The molecule has 0 unspecified atom stereocenters. The van der Waals surface area contributed by atoms with Crippen molar-refractivity contribution >= 4 is 11.9 Å². The minimum atomic E-state index is -0.479. The summed E-state index contributed by atoms with van der Waals surface area (Å²) in [5, 5.41) is 2.92. The van der Waals surface area contributed by atoms with Gasteiger partial charge in [0, 0.05) is 6.54 Å². The Balaban J connectivity index is 3.93. The van der Waals surface area contributed by atoms with Crippen LogP contribution >= 0.6 is 0 Å². The van der Waals surface area contributed by atoms with E-state index in [0.29, 0.717) is 5.92 Å². The quantitative estimate of drug-likeness (QED) is 0.426. The standard InChI is InChI=1S/C11H23N3O2/c1-8(2)6-13-10(12)14-7-9(15)16-11(3,4)5/h8H,6-7H2,1-5H3,(H3,12,13,14). The molecule has 0 radical (unpaired) electrons. The highest BCUT2D eigenvalue weighted by atomic mass is 16.6. The van der Waals surface area contributed by atoms with E-state index in [9.17, 15) is 4.79 Å². The molecule has 0 atom stereocenters. The average molecular weight is 229 g/mol. The van der Waals surface area contributed by atoms with Crippen LogP contribution < -0.4 is 11.1 Å². The second-order valence-electron chi connectivity index (χ2n) is 5.06. The Hall–Kier alpha value is -1.26. The van der Waals surface area contributed by atoms with Crippen LogP contribution in [0.15, 0.2) is 4.99 Å². The number of nitrogens with one attached hydrogen (secondary N) is 1. The molecule has 3 N–H and O–H groups in total. The third kappa shape index (κ3) is 9.30. The van der Waals surface area contributed by atoms with E-state index in [4.69, 9.17) is 10.5 Å². The van der Waals surface area contributed by atoms with Gasteiger partial charge in [-0.05, 0) is 26.7 Å². The minimum absolute atomic E-state index is 0.0474. The first-order valence-electron chi connectivity index (χ1n) is 5.46. The summed E-state index contributed by atoms with van der Waals surface area (Å²) in [5.74, 6) is 0.386. The zero-order valence-corrected chi connectivity index (χ0v) is 10.8. The van der Waals surface area contributed by atoms with Crippen molar-refractivity contribution in [1.29, 1.82) is 0 Å². The predicted octanol–water partition coefficient (Wildman–Crippen LogP) is 0.888. The third-order valence-electron chi connectivity index (χ3n) is 1.49. The predicted molar refractivity (Wildman–Crippen MR) is 65.2 cm³/mol. The van der Waals surface area contributed by atoms with E-state index in [2.05, 4.69) is 24.2 Å². The molecular weight excluding hydrogens is 206 g/mol. The summed E-state index contributed by atoms with van der Waals surface area (Å²) in [6.07, 6.45) is 0. The van der Waals surface area contributed by atoms with E-state index in [0.717, 1.165) is 6.54 Å². The van der Waals surface area contributed by atoms with E-state index in [-0.39, 0.29) is 18.5 Å². The lowest BCUT2D eigenvalue weighted by atomic mass is 10.2. The van der Waals surface area contributed by atoms with Crippen LogP contribution in [0.5, 0.6) is 0 Å². The van der Waals surface area contributed by atoms with Crippen LogP contribution in [0.1, 0.15) is 34.6 Å². The van der Waals surface area contributed by atoms with Crippen molar-refractivity contribution in [3.05, 3.63) is 0 Å². The second kappa shape index (κ2) is 6.35. The normalized spacial score (nSPS) is 12.8. The maximum absolute atomic E-state index is 11.3. The van der Waals surface area contributed by atoms with Gasteiger partial charge in [-0.15, -0.1) is 0 Å². The first-order chi connectivity index (χ1) is 7.20. The molecule has 0 aliphatic carbocycles. The molecule has 0 aliphatic rings. The van der Waals surface area contributed by atoms with Gasteiger partial charge in [0.25, 0.3) is 0 Å². The summed E-state index contributed by atoms with van der Waals surface area (Å²) in [5.41, 5.74) is 5.09. The highest BCUT2D eigenvalue weighted by Gasteiger charge is 2.15. The molecule has 16 heavy (non-hydrogen) atoms. The van der Waals surface area contributed by atoms with Crippen LogP contribution in [0, 0.1) is 5.92 Å². The minimum Gasteiger partial charge on any atom is -0.459 e. The maximum Gasteiger partial charge on any atom is 0.328 e. The van der Waals surface area contributed by atoms with Gasteiger partial charge in [-0.3, -0.25) is 4.79 Å². The summed E-state index contributed by atoms with van der Waals surface area (Å²) in [6.45, 7) is 10.3. The van der Waals surface area contributed by atoms with Gasteiger partial charge in [0.2, 0.25) is 0 Å². The number of hydrogen-bond donors (Lipinski definition) is 2. The largest absolute Gasteiger partial charge is 0.459 e. The smallest absolute Gasteiger partial charge is 0.328 e. The molecule has 0 heterocycles. The van der Waals surface area contributed by atoms with Gasteiger partial charge >= 0.3 is 5.97 Å². The number of nitrogens with zero attached hydrogens (tertiary/aromatic N) is 1. The molecule has 0 aromatic rings. The van der Waals surface area contributed by atoms with Crippen LogP contribution in [-0.2, 0) is 9.53 Å². The van der Waals surface area contributed by atoms with Gasteiger partial charge in [-0.25, -0.2) is 4.99 Å². The SMILES string of the molecule is CC(C)CNC(N)=NCC(=O)OC(C)(C)C. The lowest BCUT2D eigenvalue weighted by molar-refractivity contribution is -0.152. The Bertz CT molecular complexity index is 254. The summed E-state index contributed by atoms with van der Waals surface area (Å²) in [7, 11) is 0. The molecule has 0 rings (SSSR count). The fourth-order valence-electron chi connectivity index (χ4n) is 0.888. The molecular formula is C11H23N3O2. The van der Waals surface area contributed by atoms with Crippen molar-refractivity contribution in [1.82, 2.24) is 5.32 Å². The van der Waals surface area contributed by atoms with E-state index in [1.807, 2.05) is 20.8 Å². The zero-order valence-electron chi connectivity index (χ0n) is 10.8. The number of nitrogens with two attached hydrogens (primary N) is 1. The van der Waals surface area contributed by atoms with Gasteiger partial charge in [-0.2, -0.15) is 0 Å². The fourth-order valence-corrected chi connectivity index (χ4v) is 0.888. The molecule has 5 nitrogen and oxygen atoms in total. The number of carbonyl (C=O) groups is 1. The number of carbonyl (C=O) groups excluding carboxylic acids is 1. The van der Waals surface area contributed by atoms with Gasteiger partial charge in [-0.1, -0.05) is 13.8 Å². The number of ether oxygens (including phenoxy) is 1. The molecule has 5 heteroatoms. The first kappa shape index (κ1) is 14.7. The summed E-state index contributed by atoms with van der Waals surface area (Å²) in [6, 6.07) is 0. The molecule has 0 bridgehead atoms. The maximum atomic E-state index is 11.3. The fraction of sp³-hybridized carbons (Fsp3) is 0.818. The molecule has 0 saturated carbocycles. The molecule has 0 amide bonds. The number of esters is 1. The monoisotopic (exact) mass is 229 g/mol.